The van der Waals surface area contributed by atoms with Crippen molar-refractivity contribution in [3.63, 3.8) is 0 Å². The Hall–Kier alpha value is -3.70. The molecular formula is C30H38N2O9. The van der Waals surface area contributed by atoms with Crippen molar-refractivity contribution in [3.05, 3.63) is 46.2 Å². The van der Waals surface area contributed by atoms with Gasteiger partial charge in [-0.25, -0.2) is 0 Å². The highest BCUT2D eigenvalue weighted by Gasteiger charge is 2.69. The zero-order valence-corrected chi connectivity index (χ0v) is 22.6. The molecule has 6 atom stereocenters. The quantitative estimate of drug-likeness (QED) is 0.265. The predicted octanol–water partition coefficient (Wildman–Crippen LogP) is 2.26. The van der Waals surface area contributed by atoms with Crippen molar-refractivity contribution in [1.29, 1.82) is 0 Å². The molecule has 0 spiro atoms. The van der Waals surface area contributed by atoms with E-state index in [1.807, 2.05) is 0 Å². The first-order chi connectivity index (χ1) is 18.8. The van der Waals surface area contributed by atoms with Gasteiger partial charge in [0.1, 0.15) is 28.9 Å². The number of benzene rings is 1. The maximum absolute atomic E-state index is 14.2. The fourth-order valence-electron chi connectivity index (χ4n) is 7.26. The number of esters is 1. The van der Waals surface area contributed by atoms with E-state index in [1.165, 1.54) is 25.1 Å². The Morgan fingerprint density at radius 1 is 1.07 bits per heavy atom. The number of ketones is 2. The summed E-state index contributed by atoms with van der Waals surface area (Å²) in [4.78, 5) is 55.0. The molecule has 5 rings (SSSR count). The van der Waals surface area contributed by atoms with Crippen molar-refractivity contribution in [2.24, 2.45) is 23.5 Å². The lowest BCUT2D eigenvalue weighted by Crippen LogP contribution is -2.71. The van der Waals surface area contributed by atoms with E-state index < -0.39 is 82.0 Å². The zero-order chi connectivity index (χ0) is 29.3. The molecule has 2 saturated carbocycles. The molecule has 6 N–H and O–H groups in total. The molecule has 0 heterocycles. The van der Waals surface area contributed by atoms with E-state index in [9.17, 15) is 39.6 Å². The van der Waals surface area contributed by atoms with Crippen LogP contribution < -0.4 is 5.73 Å². The number of phenols is 1. The van der Waals surface area contributed by atoms with Crippen molar-refractivity contribution in [3.8, 4) is 5.75 Å². The van der Waals surface area contributed by atoms with Gasteiger partial charge in [-0.05, 0) is 44.5 Å². The molecule has 1 amide bonds. The molecule has 0 radical (unpaired) electrons. The lowest BCUT2D eigenvalue weighted by atomic mass is 9.54. The Balaban J connectivity index is 0.00000387. The largest absolute Gasteiger partial charge is 0.508 e. The number of nitrogens with two attached hydrogens (primary N) is 1. The van der Waals surface area contributed by atoms with Crippen LogP contribution in [0.15, 0.2) is 35.1 Å². The van der Waals surface area contributed by atoms with E-state index >= 15 is 0 Å². The lowest BCUT2D eigenvalue weighted by molar-refractivity contribution is -0.188. The number of amides is 1. The number of primary amides is 1. The highest BCUT2D eigenvalue weighted by Crippen LogP contribution is 2.57. The van der Waals surface area contributed by atoms with Crippen molar-refractivity contribution < 1.29 is 44.3 Å². The number of likely N-dealkylation sites (N-methyl/N-ethyl adjacent to an activating group) is 1. The number of fused-ring (bicyclic) bond motifs is 3. The Morgan fingerprint density at radius 2 is 1.71 bits per heavy atom. The maximum Gasteiger partial charge on any atom is 0.309 e. The van der Waals surface area contributed by atoms with Crippen LogP contribution in [0.2, 0.25) is 0 Å². The molecule has 1 aromatic rings. The Labute approximate surface area is 238 Å². The smallest absolute Gasteiger partial charge is 0.309 e. The molecule has 222 valence electrons. The molecule has 11 heteroatoms. The van der Waals surface area contributed by atoms with Gasteiger partial charge in [-0.1, -0.05) is 45.7 Å². The number of rotatable bonds is 4. The second-order valence-corrected chi connectivity index (χ2v) is 11.5. The number of Topliss-reactive ketones (excluding diaryl/α,β-unsaturated/α-hetero) is 2. The van der Waals surface area contributed by atoms with Crippen LogP contribution in [-0.4, -0.2) is 80.6 Å². The number of aliphatic hydroxyl groups excluding tert-OH is 2. The first kappa shape index (κ1) is 30.3. The van der Waals surface area contributed by atoms with Crippen molar-refractivity contribution in [1.82, 2.24) is 4.90 Å². The number of phenolic OH excluding ortho intramolecular Hbond substituents is 1. The monoisotopic (exact) mass is 570 g/mol. The van der Waals surface area contributed by atoms with E-state index in [-0.39, 0.29) is 24.3 Å². The molecule has 41 heavy (non-hydrogen) atoms. The number of aliphatic hydroxyl groups is 3. The summed E-state index contributed by atoms with van der Waals surface area (Å²) in [5, 5.41) is 45.3. The molecule has 0 saturated heterocycles. The van der Waals surface area contributed by atoms with Crippen LogP contribution in [0.25, 0.3) is 5.76 Å². The topological polar surface area (TPSA) is 188 Å². The number of aromatic hydroxyl groups is 1. The summed E-state index contributed by atoms with van der Waals surface area (Å²) in [7, 11) is 2.99. The molecule has 4 aliphatic rings. The third-order valence-corrected chi connectivity index (χ3v) is 9.16. The summed E-state index contributed by atoms with van der Waals surface area (Å²) in [6, 6.07) is 3.18. The van der Waals surface area contributed by atoms with Gasteiger partial charge in [-0.2, -0.15) is 0 Å². The summed E-state index contributed by atoms with van der Waals surface area (Å²) in [5.41, 5.74) is 1.62. The normalized spacial score (nSPS) is 31.7. The fraction of sp³-hybridized carbons (Fsp3) is 0.533. The van der Waals surface area contributed by atoms with Gasteiger partial charge in [0.25, 0.3) is 5.91 Å². The molecule has 0 aromatic heterocycles. The molecule has 1 aromatic carbocycles. The second-order valence-electron chi connectivity index (χ2n) is 11.5. The predicted molar refractivity (Wildman–Crippen MR) is 148 cm³/mol. The minimum atomic E-state index is -2.94. The van der Waals surface area contributed by atoms with E-state index in [1.54, 1.807) is 19.1 Å². The summed E-state index contributed by atoms with van der Waals surface area (Å²) < 4.78 is 6.13. The minimum Gasteiger partial charge on any atom is -0.508 e. The highest BCUT2D eigenvalue weighted by atomic mass is 16.5. The van der Waals surface area contributed by atoms with Crippen LogP contribution in [0, 0.1) is 17.8 Å². The average Bonchev–Trinajstić information content (AvgIpc) is 2.90. The van der Waals surface area contributed by atoms with Gasteiger partial charge in [0, 0.05) is 11.5 Å². The SMILES string of the molecule is C.C[C@@H]1c2cccc(O)c2C(O)=C2C(=O)[C@]3(O)C(O)=C(C(N)=O)C(=O)[C@H](N(C)C)[C@H]3[C@@H](OC(=O)C3CCCCC3)[C@H]21. The molecule has 2 fully saturated rings. The molecule has 0 unspecified atom stereocenters. The van der Waals surface area contributed by atoms with Crippen molar-refractivity contribution in [2.45, 2.75) is 70.1 Å². The third-order valence-electron chi connectivity index (χ3n) is 9.16. The lowest BCUT2D eigenvalue weighted by Gasteiger charge is -2.54. The van der Waals surface area contributed by atoms with Crippen LogP contribution in [-0.2, 0) is 23.9 Å². The molecule has 4 aliphatic carbocycles. The van der Waals surface area contributed by atoms with Gasteiger partial charge in [0.05, 0.1) is 23.4 Å². The highest BCUT2D eigenvalue weighted by molar-refractivity contribution is 6.24. The first-order valence-electron chi connectivity index (χ1n) is 13.5. The van der Waals surface area contributed by atoms with Crippen LogP contribution in [0.3, 0.4) is 0 Å². The summed E-state index contributed by atoms with van der Waals surface area (Å²) in [6.07, 6.45) is 2.45. The number of hydrogen-bond donors (Lipinski definition) is 5. The van der Waals surface area contributed by atoms with Gasteiger partial charge in [0.2, 0.25) is 5.78 Å². The molecule has 0 aliphatic heterocycles. The number of carbonyl (C=O) groups is 4. The number of carbonyl (C=O) groups excluding carboxylic acids is 4. The number of hydrogen-bond acceptors (Lipinski definition) is 10. The van der Waals surface area contributed by atoms with Crippen molar-refractivity contribution >= 4 is 29.2 Å². The van der Waals surface area contributed by atoms with Crippen molar-refractivity contribution in [2.75, 3.05) is 14.1 Å². The Kier molecular flexibility index (Phi) is 7.83. The van der Waals surface area contributed by atoms with Gasteiger partial charge in [0.15, 0.2) is 11.4 Å². The van der Waals surface area contributed by atoms with E-state index in [4.69, 9.17) is 10.5 Å². The van der Waals surface area contributed by atoms with Gasteiger partial charge in [-0.15, -0.1) is 0 Å². The zero-order valence-electron chi connectivity index (χ0n) is 22.6. The summed E-state index contributed by atoms with van der Waals surface area (Å²) in [5.74, 6) is -9.84. The molecule has 11 nitrogen and oxygen atoms in total. The van der Waals surface area contributed by atoms with Gasteiger partial charge >= 0.3 is 5.97 Å². The van der Waals surface area contributed by atoms with Crippen LogP contribution in [0.4, 0.5) is 0 Å². The Bertz CT molecular complexity index is 1370. The standard InChI is InChI=1S/C29H34N2O9.CH4/c1-12-14-10-7-11-15(32)17(14)22(33)18-16(12)24(40-28(38)13-8-5-4-6-9-13)20-21(31(2)3)23(34)19(27(30)37)26(36)29(20,39)25(18)35;/h7,10-13,16,20-21,24,32-33,36,39H,4-6,8-9H2,1-3H3,(H2,30,37);1H4/t12-,16+,20+,21-,24+,29+;/m1./s1. The van der Waals surface area contributed by atoms with Crippen LogP contribution >= 0.6 is 0 Å². The van der Waals surface area contributed by atoms with Crippen LogP contribution in [0.5, 0.6) is 5.75 Å². The number of nitrogens with zero attached hydrogens (tertiary/aromatic N) is 1. The maximum atomic E-state index is 14.2. The summed E-state index contributed by atoms with van der Waals surface area (Å²) >= 11 is 0. The van der Waals surface area contributed by atoms with Gasteiger partial charge in [-0.3, -0.25) is 24.1 Å². The third kappa shape index (κ3) is 4.25. The average molecular weight is 571 g/mol. The first-order valence-corrected chi connectivity index (χ1v) is 13.5. The fourth-order valence-corrected chi connectivity index (χ4v) is 7.26. The second kappa shape index (κ2) is 10.6. The van der Waals surface area contributed by atoms with Gasteiger partial charge < -0.3 is 30.9 Å². The number of ether oxygens (including phenoxy) is 1. The molecule has 0 bridgehead atoms. The molecular weight excluding hydrogens is 532 g/mol. The van der Waals surface area contributed by atoms with E-state index in [2.05, 4.69) is 0 Å². The minimum absolute atomic E-state index is 0. The van der Waals surface area contributed by atoms with E-state index in [0.717, 1.165) is 19.3 Å². The Morgan fingerprint density at radius 3 is 2.29 bits per heavy atom. The van der Waals surface area contributed by atoms with Crippen LogP contribution in [0.1, 0.15) is 63.5 Å². The summed E-state index contributed by atoms with van der Waals surface area (Å²) in [6.45, 7) is 1.73. The van der Waals surface area contributed by atoms with E-state index in [0.29, 0.717) is 18.4 Å².